The predicted molar refractivity (Wildman–Crippen MR) is 101 cm³/mol. The first-order valence-electron chi connectivity index (χ1n) is 7.98. The third-order valence-electron chi connectivity index (χ3n) is 3.95. The van der Waals surface area contributed by atoms with Gasteiger partial charge in [0.05, 0.1) is 12.3 Å². The molecule has 0 amide bonds. The number of thioether (sulfide) groups is 1. The van der Waals surface area contributed by atoms with Gasteiger partial charge in [-0.05, 0) is 28.8 Å². The van der Waals surface area contributed by atoms with E-state index in [0.29, 0.717) is 11.4 Å². The molecule has 2 nitrogen and oxygen atoms in total. The van der Waals surface area contributed by atoms with Crippen molar-refractivity contribution in [2.45, 2.75) is 10.8 Å². The molecule has 0 fully saturated rings. The van der Waals surface area contributed by atoms with Crippen LogP contribution in [0.3, 0.4) is 0 Å². The van der Waals surface area contributed by atoms with E-state index in [0.717, 1.165) is 10.5 Å². The molecule has 0 unspecified atom stereocenters. The molecule has 0 atom stereocenters. The standard InChI is InChI=1S/C21H20NOS/c22-19-15-18(11-12-20(19)24-14-13-23)21(16-7-3-1-4-8-16)17-9-5-2-6-10-17/h1-12,15,21-23H,13-14H2. The fraction of sp³-hybridized carbons (Fsp3) is 0.143. The average Bonchev–Trinajstić information content (AvgIpc) is 2.63. The minimum absolute atomic E-state index is 0.119. The van der Waals surface area contributed by atoms with Gasteiger partial charge in [-0.2, -0.15) is 0 Å². The lowest BCUT2D eigenvalue weighted by atomic mass is 9.85. The quantitative estimate of drug-likeness (QED) is 0.516. The molecule has 3 heteroatoms. The predicted octanol–water partition coefficient (Wildman–Crippen LogP) is 4.87. The van der Waals surface area contributed by atoms with E-state index < -0.39 is 0 Å². The van der Waals surface area contributed by atoms with Gasteiger partial charge in [0.2, 0.25) is 0 Å². The Balaban J connectivity index is 2.02. The zero-order valence-electron chi connectivity index (χ0n) is 13.4. The van der Waals surface area contributed by atoms with E-state index >= 15 is 0 Å². The van der Waals surface area contributed by atoms with Gasteiger partial charge in [0.15, 0.2) is 0 Å². The number of nitrogens with one attached hydrogen (secondary N) is 1. The molecule has 2 N–H and O–H groups in total. The average molecular weight is 334 g/mol. The van der Waals surface area contributed by atoms with Gasteiger partial charge in [-0.3, -0.25) is 5.73 Å². The first kappa shape index (κ1) is 16.6. The van der Waals surface area contributed by atoms with Crippen molar-refractivity contribution in [3.63, 3.8) is 0 Å². The summed E-state index contributed by atoms with van der Waals surface area (Å²) in [6.45, 7) is 0.127. The normalized spacial score (nSPS) is 10.9. The van der Waals surface area contributed by atoms with Crippen LogP contribution in [0.2, 0.25) is 0 Å². The van der Waals surface area contributed by atoms with Crippen LogP contribution in [0.25, 0.3) is 0 Å². The van der Waals surface area contributed by atoms with Gasteiger partial charge in [-0.25, -0.2) is 0 Å². The van der Waals surface area contributed by atoms with Crippen molar-refractivity contribution < 1.29 is 5.11 Å². The van der Waals surface area contributed by atoms with E-state index in [4.69, 9.17) is 10.8 Å². The second-order valence-corrected chi connectivity index (χ2v) is 6.72. The minimum atomic E-state index is 0.119. The summed E-state index contributed by atoms with van der Waals surface area (Å²) in [5.74, 6) is 0.736. The first-order chi connectivity index (χ1) is 11.8. The molecule has 0 saturated carbocycles. The molecule has 0 aliphatic carbocycles. The Kier molecular flexibility index (Phi) is 5.57. The number of aliphatic hydroxyl groups excluding tert-OH is 1. The molecule has 3 aromatic carbocycles. The van der Waals surface area contributed by atoms with Crippen molar-refractivity contribution in [1.29, 1.82) is 0 Å². The lowest BCUT2D eigenvalue weighted by Gasteiger charge is -2.20. The van der Waals surface area contributed by atoms with Crippen LogP contribution in [-0.2, 0) is 0 Å². The van der Waals surface area contributed by atoms with Crippen LogP contribution >= 0.6 is 11.8 Å². The molecule has 0 saturated heterocycles. The van der Waals surface area contributed by atoms with Gasteiger partial charge in [-0.1, -0.05) is 66.7 Å². The lowest BCUT2D eigenvalue weighted by molar-refractivity contribution is 0.322. The van der Waals surface area contributed by atoms with Crippen LogP contribution in [0.4, 0.5) is 5.69 Å². The lowest BCUT2D eigenvalue weighted by Crippen LogP contribution is -2.03. The van der Waals surface area contributed by atoms with Crippen molar-refractivity contribution in [3.8, 4) is 0 Å². The highest BCUT2D eigenvalue weighted by molar-refractivity contribution is 7.99. The SMILES string of the molecule is [NH]c1cc(C(c2ccccc2)c2ccccc2)ccc1SCCO. The summed E-state index contributed by atoms with van der Waals surface area (Å²) in [7, 11) is 0. The van der Waals surface area contributed by atoms with Gasteiger partial charge < -0.3 is 5.11 Å². The highest BCUT2D eigenvalue weighted by atomic mass is 32.2. The molecule has 0 bridgehead atoms. The fourth-order valence-electron chi connectivity index (χ4n) is 2.88. The summed E-state index contributed by atoms with van der Waals surface area (Å²) >= 11 is 1.52. The summed E-state index contributed by atoms with van der Waals surface area (Å²) in [6, 6.07) is 26.8. The van der Waals surface area contributed by atoms with Crippen molar-refractivity contribution >= 4 is 17.4 Å². The van der Waals surface area contributed by atoms with Crippen LogP contribution < -0.4 is 5.73 Å². The largest absolute Gasteiger partial charge is 0.396 e. The van der Waals surface area contributed by atoms with Crippen molar-refractivity contribution in [1.82, 2.24) is 5.73 Å². The summed E-state index contributed by atoms with van der Waals surface area (Å²) < 4.78 is 0. The molecule has 3 rings (SSSR count). The number of hydrogen-bond acceptors (Lipinski definition) is 2. The second-order valence-electron chi connectivity index (χ2n) is 5.58. The number of rotatable bonds is 6. The van der Waals surface area contributed by atoms with Crippen LogP contribution in [-0.4, -0.2) is 17.5 Å². The number of benzene rings is 3. The zero-order valence-corrected chi connectivity index (χ0v) is 14.2. The molecule has 3 aromatic rings. The van der Waals surface area contributed by atoms with Crippen LogP contribution in [0.15, 0.2) is 83.8 Å². The number of hydrogen-bond donors (Lipinski definition) is 1. The zero-order chi connectivity index (χ0) is 16.8. The molecule has 0 spiro atoms. The van der Waals surface area contributed by atoms with E-state index in [1.54, 1.807) is 0 Å². The van der Waals surface area contributed by atoms with E-state index in [1.165, 1.54) is 22.9 Å². The Hall–Kier alpha value is -2.23. The van der Waals surface area contributed by atoms with Gasteiger partial charge in [0.1, 0.15) is 0 Å². The molecule has 24 heavy (non-hydrogen) atoms. The first-order valence-corrected chi connectivity index (χ1v) is 8.97. The van der Waals surface area contributed by atoms with Gasteiger partial charge >= 0.3 is 0 Å². The van der Waals surface area contributed by atoms with Crippen molar-refractivity contribution in [2.75, 3.05) is 12.4 Å². The maximum Gasteiger partial charge on any atom is 0.0678 e. The maximum atomic E-state index is 8.98. The highest BCUT2D eigenvalue weighted by Gasteiger charge is 2.17. The molecule has 0 aromatic heterocycles. The van der Waals surface area contributed by atoms with E-state index in [9.17, 15) is 0 Å². The number of aliphatic hydroxyl groups is 1. The maximum absolute atomic E-state index is 8.98. The molecule has 0 aliphatic rings. The third kappa shape index (κ3) is 3.81. The molecule has 0 aliphatic heterocycles. The highest BCUT2D eigenvalue weighted by Crippen LogP contribution is 2.35. The summed E-state index contributed by atoms with van der Waals surface area (Å²) in [5.41, 5.74) is 12.4. The molecule has 121 valence electrons. The Bertz CT molecular complexity index is 735. The second kappa shape index (κ2) is 8.04. The molecular formula is C21H20NOS. The third-order valence-corrected chi connectivity index (χ3v) is 5.01. The molecular weight excluding hydrogens is 314 g/mol. The molecule has 0 heterocycles. The van der Waals surface area contributed by atoms with Crippen LogP contribution in [0.5, 0.6) is 0 Å². The van der Waals surface area contributed by atoms with E-state index in [1.807, 2.05) is 24.3 Å². The monoisotopic (exact) mass is 334 g/mol. The van der Waals surface area contributed by atoms with Crippen molar-refractivity contribution in [3.05, 3.63) is 95.6 Å². The summed E-state index contributed by atoms with van der Waals surface area (Å²) in [5, 5.41) is 8.98. The van der Waals surface area contributed by atoms with E-state index in [2.05, 4.69) is 54.6 Å². The van der Waals surface area contributed by atoms with Crippen LogP contribution in [0.1, 0.15) is 22.6 Å². The topological polar surface area (TPSA) is 44.0 Å². The van der Waals surface area contributed by atoms with Crippen LogP contribution in [0, 0.1) is 0 Å². The summed E-state index contributed by atoms with van der Waals surface area (Å²) in [4.78, 5) is 0.910. The van der Waals surface area contributed by atoms with Gasteiger partial charge in [-0.15, -0.1) is 11.8 Å². The minimum Gasteiger partial charge on any atom is -0.396 e. The Morgan fingerprint density at radius 2 is 1.38 bits per heavy atom. The Morgan fingerprint density at radius 3 is 1.88 bits per heavy atom. The van der Waals surface area contributed by atoms with E-state index in [-0.39, 0.29) is 12.5 Å². The van der Waals surface area contributed by atoms with Crippen molar-refractivity contribution in [2.24, 2.45) is 0 Å². The smallest absolute Gasteiger partial charge is 0.0678 e. The fourth-order valence-corrected chi connectivity index (χ4v) is 3.57. The molecule has 1 radical (unpaired) electrons. The summed E-state index contributed by atoms with van der Waals surface area (Å²) in [6.07, 6.45) is 0. The van der Waals surface area contributed by atoms with Gasteiger partial charge in [0, 0.05) is 16.6 Å². The Labute approximate surface area is 147 Å². The Morgan fingerprint density at radius 1 is 0.792 bits per heavy atom. The van der Waals surface area contributed by atoms with Gasteiger partial charge in [0.25, 0.3) is 0 Å².